The standard InChI is InChI=1S/C30H26N2O2/c33-29(24-8-11-27(12-9-24)31-18-4-5-19-31)32-20-16-30(17-21-32)15-14-26-22-25(10-13-28(26)34-30)23-6-2-1-3-7-23/h1-15,18-19,22H,16-17,20-21H2. The maximum absolute atomic E-state index is 13.1. The van der Waals surface area contributed by atoms with Crippen molar-refractivity contribution >= 4 is 12.0 Å². The molecule has 3 aromatic carbocycles. The Hall–Kier alpha value is -4.05. The van der Waals surface area contributed by atoms with Crippen LogP contribution in [0.5, 0.6) is 5.75 Å². The van der Waals surface area contributed by atoms with Crippen molar-refractivity contribution in [3.63, 3.8) is 0 Å². The Morgan fingerprint density at radius 2 is 1.53 bits per heavy atom. The molecule has 168 valence electrons. The number of rotatable bonds is 3. The second-order valence-corrected chi connectivity index (χ2v) is 9.05. The first-order chi connectivity index (χ1) is 16.7. The summed E-state index contributed by atoms with van der Waals surface area (Å²) in [6.45, 7) is 1.36. The van der Waals surface area contributed by atoms with E-state index >= 15 is 0 Å². The minimum atomic E-state index is -0.337. The zero-order valence-corrected chi connectivity index (χ0v) is 18.9. The van der Waals surface area contributed by atoms with Crippen LogP contribution in [0.2, 0.25) is 0 Å². The van der Waals surface area contributed by atoms with Crippen LogP contribution < -0.4 is 4.74 Å². The molecule has 0 aliphatic carbocycles. The summed E-state index contributed by atoms with van der Waals surface area (Å²) < 4.78 is 8.55. The predicted molar refractivity (Wildman–Crippen MR) is 135 cm³/mol. The van der Waals surface area contributed by atoms with Gasteiger partial charge in [0.05, 0.1) is 0 Å². The van der Waals surface area contributed by atoms with Crippen molar-refractivity contribution in [2.45, 2.75) is 18.4 Å². The van der Waals surface area contributed by atoms with Crippen LogP contribution >= 0.6 is 0 Å². The fraction of sp³-hybridized carbons (Fsp3) is 0.167. The summed E-state index contributed by atoms with van der Waals surface area (Å²) in [6.07, 6.45) is 9.95. The molecule has 0 bridgehead atoms. The molecule has 4 heteroatoms. The minimum absolute atomic E-state index is 0.0848. The Labute approximate surface area is 199 Å². The summed E-state index contributed by atoms with van der Waals surface area (Å²) in [5, 5.41) is 0. The smallest absolute Gasteiger partial charge is 0.253 e. The number of ether oxygens (including phenoxy) is 1. The molecule has 0 unspecified atom stereocenters. The molecule has 34 heavy (non-hydrogen) atoms. The zero-order valence-electron chi connectivity index (χ0n) is 18.9. The number of likely N-dealkylation sites (tertiary alicyclic amines) is 1. The van der Waals surface area contributed by atoms with Gasteiger partial charge in [-0.2, -0.15) is 0 Å². The number of aromatic nitrogens is 1. The highest BCUT2D eigenvalue weighted by molar-refractivity contribution is 5.94. The molecule has 1 amide bonds. The quantitative estimate of drug-likeness (QED) is 0.374. The number of amides is 1. The third-order valence-electron chi connectivity index (χ3n) is 6.91. The van der Waals surface area contributed by atoms with E-state index in [4.69, 9.17) is 4.74 Å². The van der Waals surface area contributed by atoms with E-state index in [1.165, 1.54) is 11.1 Å². The summed E-state index contributed by atoms with van der Waals surface area (Å²) in [4.78, 5) is 15.0. The van der Waals surface area contributed by atoms with Crippen molar-refractivity contribution in [3.8, 4) is 22.6 Å². The van der Waals surface area contributed by atoms with E-state index in [0.29, 0.717) is 13.1 Å². The molecule has 4 nitrogen and oxygen atoms in total. The van der Waals surface area contributed by atoms with E-state index in [9.17, 15) is 4.79 Å². The lowest BCUT2D eigenvalue weighted by molar-refractivity contribution is 0.0329. The average molecular weight is 447 g/mol. The van der Waals surface area contributed by atoms with Crippen LogP contribution in [0, 0.1) is 0 Å². The molecule has 3 heterocycles. The van der Waals surface area contributed by atoms with Gasteiger partial charge in [-0.05, 0) is 65.7 Å². The first-order valence-electron chi connectivity index (χ1n) is 11.8. The van der Waals surface area contributed by atoms with Gasteiger partial charge in [-0.3, -0.25) is 4.79 Å². The van der Waals surface area contributed by atoms with Crippen LogP contribution in [0.25, 0.3) is 22.9 Å². The Morgan fingerprint density at radius 3 is 2.26 bits per heavy atom. The maximum atomic E-state index is 13.1. The first kappa shape index (κ1) is 20.5. The average Bonchev–Trinajstić information content (AvgIpc) is 3.44. The number of carbonyl (C=O) groups is 1. The number of piperidine rings is 1. The topological polar surface area (TPSA) is 34.5 Å². The number of hydrogen-bond acceptors (Lipinski definition) is 2. The molecule has 2 aliphatic heterocycles. The van der Waals surface area contributed by atoms with Gasteiger partial charge in [-0.15, -0.1) is 0 Å². The predicted octanol–water partition coefficient (Wildman–Crippen LogP) is 6.22. The fourth-order valence-corrected chi connectivity index (χ4v) is 4.90. The first-order valence-corrected chi connectivity index (χ1v) is 11.8. The van der Waals surface area contributed by atoms with E-state index < -0.39 is 0 Å². The van der Waals surface area contributed by atoms with Crippen LogP contribution in [0.15, 0.2) is 103 Å². The molecule has 1 saturated heterocycles. The number of nitrogens with zero attached hydrogens (tertiary/aromatic N) is 2. The van der Waals surface area contributed by atoms with Gasteiger partial charge in [0.15, 0.2) is 0 Å². The summed E-state index contributed by atoms with van der Waals surface area (Å²) in [6, 6.07) is 28.6. The number of hydrogen-bond donors (Lipinski definition) is 0. The Bertz CT molecular complexity index is 1330. The molecular formula is C30H26N2O2. The van der Waals surface area contributed by atoms with E-state index in [1.54, 1.807) is 0 Å². The van der Waals surface area contributed by atoms with Crippen LogP contribution in [0.3, 0.4) is 0 Å². The summed E-state index contributed by atoms with van der Waals surface area (Å²) >= 11 is 0. The van der Waals surface area contributed by atoms with Crippen molar-refractivity contribution in [2.24, 2.45) is 0 Å². The van der Waals surface area contributed by atoms with Crippen molar-refractivity contribution in [2.75, 3.05) is 13.1 Å². The van der Waals surface area contributed by atoms with Crippen molar-refractivity contribution in [1.29, 1.82) is 0 Å². The molecule has 0 saturated carbocycles. The largest absolute Gasteiger partial charge is 0.482 e. The number of benzene rings is 3. The molecule has 4 aromatic rings. The lowest BCUT2D eigenvalue weighted by atomic mass is 9.87. The van der Waals surface area contributed by atoms with Crippen molar-refractivity contribution in [3.05, 3.63) is 115 Å². The fourth-order valence-electron chi connectivity index (χ4n) is 4.90. The SMILES string of the molecule is O=C(c1ccc(-n2cccc2)cc1)N1CCC2(C=Cc3cc(-c4ccccc4)ccc3O2)CC1. The molecule has 0 N–H and O–H groups in total. The second kappa shape index (κ2) is 8.38. The van der Waals surface area contributed by atoms with Gasteiger partial charge in [0, 0.05) is 55.1 Å². The van der Waals surface area contributed by atoms with E-state index in [0.717, 1.165) is 35.4 Å². The summed E-state index contributed by atoms with van der Waals surface area (Å²) in [7, 11) is 0. The molecule has 1 fully saturated rings. The highest BCUT2D eigenvalue weighted by Gasteiger charge is 2.38. The van der Waals surface area contributed by atoms with Crippen molar-refractivity contribution in [1.82, 2.24) is 9.47 Å². The molecule has 0 radical (unpaired) electrons. The van der Waals surface area contributed by atoms with E-state index in [1.807, 2.05) is 64.3 Å². The van der Waals surface area contributed by atoms with Gasteiger partial charge < -0.3 is 14.2 Å². The minimum Gasteiger partial charge on any atom is -0.482 e. The molecule has 6 rings (SSSR count). The van der Waals surface area contributed by atoms with Gasteiger partial charge in [0.1, 0.15) is 11.4 Å². The Kier molecular flexibility index (Phi) is 5.06. The highest BCUT2D eigenvalue weighted by Crippen LogP contribution is 2.39. The van der Waals surface area contributed by atoms with E-state index in [-0.39, 0.29) is 11.5 Å². The van der Waals surface area contributed by atoms with E-state index in [2.05, 4.69) is 54.6 Å². The molecule has 0 atom stereocenters. The third-order valence-corrected chi connectivity index (χ3v) is 6.91. The molecule has 2 aliphatic rings. The number of fused-ring (bicyclic) bond motifs is 1. The van der Waals surface area contributed by atoms with Gasteiger partial charge in [0.25, 0.3) is 5.91 Å². The maximum Gasteiger partial charge on any atom is 0.253 e. The van der Waals surface area contributed by atoms with Gasteiger partial charge in [0.2, 0.25) is 0 Å². The monoisotopic (exact) mass is 446 g/mol. The van der Waals surface area contributed by atoms with Crippen LogP contribution in [-0.2, 0) is 0 Å². The normalized spacial score (nSPS) is 16.2. The highest BCUT2D eigenvalue weighted by atomic mass is 16.5. The van der Waals surface area contributed by atoms with Crippen LogP contribution in [0.1, 0.15) is 28.8 Å². The lowest BCUT2D eigenvalue weighted by Crippen LogP contribution is -2.49. The van der Waals surface area contributed by atoms with Crippen LogP contribution in [-0.4, -0.2) is 34.1 Å². The van der Waals surface area contributed by atoms with Crippen molar-refractivity contribution < 1.29 is 9.53 Å². The zero-order chi connectivity index (χ0) is 23.0. The summed E-state index contributed by atoms with van der Waals surface area (Å²) in [5.41, 5.74) is 4.93. The van der Waals surface area contributed by atoms with Crippen LogP contribution in [0.4, 0.5) is 0 Å². The summed E-state index contributed by atoms with van der Waals surface area (Å²) in [5.74, 6) is 1.00. The molecule has 1 aromatic heterocycles. The van der Waals surface area contributed by atoms with Gasteiger partial charge in [-0.25, -0.2) is 0 Å². The molecule has 1 spiro atoms. The third kappa shape index (κ3) is 3.81. The Morgan fingerprint density at radius 1 is 0.794 bits per heavy atom. The second-order valence-electron chi connectivity index (χ2n) is 9.05. The molecular weight excluding hydrogens is 420 g/mol. The van der Waals surface area contributed by atoms with Gasteiger partial charge >= 0.3 is 0 Å². The van der Waals surface area contributed by atoms with Gasteiger partial charge in [-0.1, -0.05) is 42.5 Å². The number of carbonyl (C=O) groups excluding carboxylic acids is 1. The lowest BCUT2D eigenvalue weighted by Gasteiger charge is -2.42. The Balaban J connectivity index is 1.13.